The number of methoxy groups -OCH3 is 2. The number of ether oxygens (including phenoxy) is 3. The van der Waals surface area contributed by atoms with Crippen molar-refractivity contribution in [1.82, 2.24) is 19.9 Å². The summed E-state index contributed by atoms with van der Waals surface area (Å²) in [5, 5.41) is 5.37. The van der Waals surface area contributed by atoms with Gasteiger partial charge in [0.15, 0.2) is 0 Å². The van der Waals surface area contributed by atoms with Crippen LogP contribution in [0, 0.1) is 0 Å². The number of fused-ring (bicyclic) bond motifs is 2. The molecule has 10 heteroatoms. The van der Waals surface area contributed by atoms with Crippen molar-refractivity contribution < 1.29 is 14.2 Å². The molecule has 6 aromatic rings. The smallest absolute Gasteiger partial charge is 0.145 e. The predicted molar refractivity (Wildman–Crippen MR) is 165 cm³/mol. The Balaban J connectivity index is 0.000000233. The van der Waals surface area contributed by atoms with Crippen LogP contribution in [0.3, 0.4) is 0 Å². The van der Waals surface area contributed by atoms with Gasteiger partial charge in [0.25, 0.3) is 0 Å². The maximum atomic E-state index is 5.91. The maximum Gasteiger partial charge on any atom is 0.145 e. The molecular formula is C31H27Cl2N5O3. The number of nitrogens with one attached hydrogen (secondary N) is 1. The first-order valence-electron chi connectivity index (χ1n) is 12.4. The van der Waals surface area contributed by atoms with E-state index in [9.17, 15) is 0 Å². The minimum absolute atomic E-state index is 0. The van der Waals surface area contributed by atoms with Crippen molar-refractivity contribution in [3.63, 3.8) is 0 Å². The van der Waals surface area contributed by atoms with Gasteiger partial charge in [-0.25, -0.2) is 19.9 Å². The van der Waals surface area contributed by atoms with Gasteiger partial charge in [-0.2, -0.15) is 0 Å². The van der Waals surface area contributed by atoms with Crippen molar-refractivity contribution in [3.05, 3.63) is 114 Å². The highest BCUT2D eigenvalue weighted by molar-refractivity contribution is 6.34. The summed E-state index contributed by atoms with van der Waals surface area (Å²) in [7, 11) is 3.24. The van der Waals surface area contributed by atoms with Gasteiger partial charge < -0.3 is 19.5 Å². The molecule has 8 nitrogen and oxygen atoms in total. The van der Waals surface area contributed by atoms with Crippen LogP contribution in [0.15, 0.2) is 104 Å². The molecule has 0 aliphatic heterocycles. The molecule has 1 N–H and O–H groups in total. The summed E-state index contributed by atoms with van der Waals surface area (Å²) in [5.41, 5.74) is 3.67. The minimum atomic E-state index is 0. The Bertz CT molecular complexity index is 1710. The molecule has 41 heavy (non-hydrogen) atoms. The number of halogens is 2. The molecule has 2 aromatic heterocycles. The fourth-order valence-electron chi connectivity index (χ4n) is 4.07. The Labute approximate surface area is 248 Å². The normalized spacial score (nSPS) is 10.2. The van der Waals surface area contributed by atoms with Gasteiger partial charge in [-0.05, 0) is 54.1 Å². The van der Waals surface area contributed by atoms with Crippen LogP contribution < -0.4 is 19.5 Å². The zero-order valence-electron chi connectivity index (χ0n) is 22.3. The summed E-state index contributed by atoms with van der Waals surface area (Å²) in [6, 6.07) is 29.2. The fourth-order valence-corrected chi connectivity index (χ4v) is 4.30. The van der Waals surface area contributed by atoms with Crippen LogP contribution in [-0.2, 0) is 6.61 Å². The van der Waals surface area contributed by atoms with E-state index in [-0.39, 0.29) is 12.4 Å². The lowest BCUT2D eigenvalue weighted by Gasteiger charge is -2.12. The molecule has 2 heterocycles. The number of hydrogen-bond acceptors (Lipinski definition) is 8. The summed E-state index contributed by atoms with van der Waals surface area (Å²) in [4.78, 5) is 16.6. The molecule has 0 unspecified atom stereocenters. The van der Waals surface area contributed by atoms with Crippen molar-refractivity contribution in [2.24, 2.45) is 0 Å². The van der Waals surface area contributed by atoms with Crippen LogP contribution in [0.1, 0.15) is 5.56 Å². The molecule has 0 radical (unpaired) electrons. The molecule has 0 saturated heterocycles. The van der Waals surface area contributed by atoms with Gasteiger partial charge in [0, 0.05) is 5.69 Å². The quantitative estimate of drug-likeness (QED) is 0.190. The number of nitrogens with zero attached hydrogens (tertiary/aromatic N) is 4. The Morgan fingerprint density at radius 3 is 1.93 bits per heavy atom. The number of hydrogen-bond donors (Lipinski definition) is 1. The molecule has 0 amide bonds. The van der Waals surface area contributed by atoms with Crippen molar-refractivity contribution in [1.29, 1.82) is 0 Å². The summed E-state index contributed by atoms with van der Waals surface area (Å²) >= 11 is 5.91. The highest BCUT2D eigenvalue weighted by atomic mass is 35.5. The first-order valence-corrected chi connectivity index (χ1v) is 12.8. The van der Waals surface area contributed by atoms with Crippen molar-refractivity contribution in [2.75, 3.05) is 19.5 Å². The topological polar surface area (TPSA) is 91.3 Å². The second-order valence-electron chi connectivity index (χ2n) is 8.52. The van der Waals surface area contributed by atoms with Crippen LogP contribution in [-0.4, -0.2) is 34.2 Å². The Morgan fingerprint density at radius 2 is 1.27 bits per heavy atom. The third-order valence-electron chi connectivity index (χ3n) is 6.01. The molecule has 6 rings (SSSR count). The third kappa shape index (κ3) is 7.11. The third-order valence-corrected chi connectivity index (χ3v) is 6.29. The van der Waals surface area contributed by atoms with Crippen LogP contribution in [0.4, 0.5) is 11.5 Å². The highest BCUT2D eigenvalue weighted by Crippen LogP contribution is 2.32. The molecule has 0 aliphatic rings. The van der Waals surface area contributed by atoms with E-state index in [4.69, 9.17) is 25.8 Å². The second kappa shape index (κ2) is 14.1. The predicted octanol–water partition coefficient (Wildman–Crippen LogP) is 7.67. The van der Waals surface area contributed by atoms with E-state index in [1.165, 1.54) is 6.33 Å². The lowest BCUT2D eigenvalue weighted by atomic mass is 10.2. The number of aromatic nitrogens is 4. The van der Waals surface area contributed by atoms with E-state index in [0.29, 0.717) is 23.3 Å². The monoisotopic (exact) mass is 587 g/mol. The van der Waals surface area contributed by atoms with Gasteiger partial charge in [0.05, 0.1) is 36.0 Å². The molecule has 208 valence electrons. The van der Waals surface area contributed by atoms with Crippen LogP contribution in [0.25, 0.3) is 21.8 Å². The minimum Gasteiger partial charge on any atom is -0.496 e. The molecule has 0 atom stereocenters. The summed E-state index contributed by atoms with van der Waals surface area (Å²) in [5.74, 6) is 2.95. The van der Waals surface area contributed by atoms with E-state index in [1.54, 1.807) is 20.5 Å². The zero-order valence-corrected chi connectivity index (χ0v) is 23.9. The number of anilines is 2. The van der Waals surface area contributed by atoms with Gasteiger partial charge >= 0.3 is 0 Å². The van der Waals surface area contributed by atoms with Gasteiger partial charge in [-0.3, -0.25) is 0 Å². The van der Waals surface area contributed by atoms with Crippen LogP contribution >= 0.6 is 24.0 Å². The Morgan fingerprint density at radius 1 is 0.659 bits per heavy atom. The Hall–Kier alpha value is -4.66. The lowest BCUT2D eigenvalue weighted by molar-refractivity contribution is 0.306. The van der Waals surface area contributed by atoms with Gasteiger partial charge in [-0.1, -0.05) is 54.1 Å². The van der Waals surface area contributed by atoms with E-state index in [0.717, 1.165) is 44.6 Å². The van der Waals surface area contributed by atoms with E-state index in [2.05, 4.69) is 25.3 Å². The molecular weight excluding hydrogens is 561 g/mol. The van der Waals surface area contributed by atoms with Gasteiger partial charge in [0.2, 0.25) is 0 Å². The van der Waals surface area contributed by atoms with Crippen molar-refractivity contribution in [2.45, 2.75) is 6.61 Å². The molecule has 0 aliphatic carbocycles. The molecule has 4 aromatic carbocycles. The first kappa shape index (κ1) is 29.3. The summed E-state index contributed by atoms with van der Waals surface area (Å²) in [6.07, 6.45) is 2.98. The average molecular weight is 588 g/mol. The SMILES string of the molecule is COc1cccc2ncnc(Cl)c12.COc1cccc2ncnc(Nc3ccc(OCc4ccccc4)cc3)c12.Cl. The van der Waals surface area contributed by atoms with Crippen LogP contribution in [0.5, 0.6) is 17.2 Å². The average Bonchev–Trinajstić information content (AvgIpc) is 3.01. The lowest BCUT2D eigenvalue weighted by Crippen LogP contribution is -1.98. The summed E-state index contributed by atoms with van der Waals surface area (Å²) < 4.78 is 16.4. The van der Waals surface area contributed by atoms with E-state index < -0.39 is 0 Å². The molecule has 0 fully saturated rings. The van der Waals surface area contributed by atoms with Gasteiger partial charge in [0.1, 0.15) is 47.5 Å². The molecule has 0 spiro atoms. The van der Waals surface area contributed by atoms with Crippen molar-refractivity contribution >= 4 is 57.3 Å². The molecule has 0 saturated carbocycles. The maximum absolute atomic E-state index is 5.91. The number of benzene rings is 4. The number of rotatable bonds is 7. The van der Waals surface area contributed by atoms with Crippen LogP contribution in [0.2, 0.25) is 5.15 Å². The molecule has 0 bridgehead atoms. The fraction of sp³-hybridized carbons (Fsp3) is 0.0968. The highest BCUT2D eigenvalue weighted by Gasteiger charge is 2.10. The summed E-state index contributed by atoms with van der Waals surface area (Å²) in [6.45, 7) is 0.543. The Kier molecular flexibility index (Phi) is 10.1. The van der Waals surface area contributed by atoms with E-state index in [1.807, 2.05) is 91.0 Å². The second-order valence-corrected chi connectivity index (χ2v) is 8.88. The van der Waals surface area contributed by atoms with Crippen molar-refractivity contribution in [3.8, 4) is 17.2 Å². The zero-order chi connectivity index (χ0) is 27.7. The standard InChI is InChI=1S/C22H19N3O2.C9H7ClN2O.ClH/c1-26-20-9-5-8-19-21(20)22(24-15-23-19)25-17-10-12-18(13-11-17)27-14-16-6-3-2-4-7-16;1-13-7-4-2-3-6-8(7)9(10)12-5-11-6;/h2-13,15H,14H2,1H3,(H,23,24,25);2-5H,1H3;1H. The largest absolute Gasteiger partial charge is 0.496 e. The van der Waals surface area contributed by atoms with Gasteiger partial charge in [-0.15, -0.1) is 12.4 Å². The first-order chi connectivity index (χ1) is 19.7. The van der Waals surface area contributed by atoms with E-state index >= 15 is 0 Å².